The highest BCUT2D eigenvalue weighted by Crippen LogP contribution is 2.12. The lowest BCUT2D eigenvalue weighted by Crippen LogP contribution is -2.32. The number of sulfonamides is 1. The van der Waals surface area contributed by atoms with E-state index in [1.165, 1.54) is 30.5 Å². The van der Waals surface area contributed by atoms with E-state index in [0.29, 0.717) is 11.3 Å². The molecule has 2 aromatic heterocycles. The summed E-state index contributed by atoms with van der Waals surface area (Å²) in [5.74, 6) is 1.14. The van der Waals surface area contributed by atoms with Crippen LogP contribution in [0.15, 0.2) is 74.8 Å². The lowest BCUT2D eigenvalue weighted by Gasteiger charge is -2.13. The largest absolute Gasteiger partial charge is 0.469 e. The normalized spacial score (nSPS) is 12.6. The molecule has 1 aromatic carbocycles. The number of amides is 1. The average molecular weight is 402 g/mol. The monoisotopic (exact) mass is 402 g/mol. The molecule has 1 amide bonds. The smallest absolute Gasteiger partial charge is 0.251 e. The minimum Gasteiger partial charge on any atom is -0.469 e. The first kappa shape index (κ1) is 19.9. The van der Waals surface area contributed by atoms with Crippen LogP contribution in [-0.4, -0.2) is 20.4 Å². The molecule has 0 fully saturated rings. The second-order valence-electron chi connectivity index (χ2n) is 6.42. The predicted molar refractivity (Wildman–Crippen MR) is 103 cm³/mol. The van der Waals surface area contributed by atoms with Crippen molar-refractivity contribution in [2.75, 3.05) is 0 Å². The van der Waals surface area contributed by atoms with Crippen molar-refractivity contribution >= 4 is 15.9 Å². The van der Waals surface area contributed by atoms with Crippen LogP contribution < -0.4 is 10.0 Å². The van der Waals surface area contributed by atoms with Crippen LogP contribution in [0.5, 0.6) is 0 Å². The Morgan fingerprint density at radius 3 is 2.25 bits per heavy atom. The molecule has 3 rings (SSSR count). The highest BCUT2D eigenvalue weighted by Gasteiger charge is 2.16. The Morgan fingerprint density at radius 1 is 1.00 bits per heavy atom. The molecule has 7 nitrogen and oxygen atoms in total. The number of carbonyl (C=O) groups is 1. The predicted octanol–water partition coefficient (Wildman–Crippen LogP) is 3.10. The Morgan fingerprint density at radius 2 is 1.64 bits per heavy atom. The molecule has 1 unspecified atom stereocenters. The van der Waals surface area contributed by atoms with Gasteiger partial charge in [-0.2, -0.15) is 0 Å². The summed E-state index contributed by atoms with van der Waals surface area (Å²) in [5, 5.41) is 2.90. The van der Waals surface area contributed by atoms with Crippen LogP contribution in [-0.2, 0) is 23.0 Å². The molecule has 0 aliphatic carbocycles. The molecule has 0 saturated carbocycles. The molecule has 0 aliphatic rings. The van der Waals surface area contributed by atoms with Crippen LogP contribution in [0.4, 0.5) is 0 Å². The van der Waals surface area contributed by atoms with E-state index in [1.807, 2.05) is 19.1 Å². The molecule has 148 valence electrons. The molecule has 3 aromatic rings. The van der Waals surface area contributed by atoms with Gasteiger partial charge in [-0.15, -0.1) is 0 Å². The van der Waals surface area contributed by atoms with E-state index < -0.39 is 10.0 Å². The minimum absolute atomic E-state index is 0.0454. The van der Waals surface area contributed by atoms with Gasteiger partial charge in [-0.3, -0.25) is 4.79 Å². The summed E-state index contributed by atoms with van der Waals surface area (Å²) in [6, 6.07) is 12.9. The summed E-state index contributed by atoms with van der Waals surface area (Å²) in [6.45, 7) is 1.98. The van der Waals surface area contributed by atoms with Crippen molar-refractivity contribution in [1.29, 1.82) is 0 Å². The van der Waals surface area contributed by atoms with Gasteiger partial charge in [0.05, 0.1) is 24.0 Å². The van der Waals surface area contributed by atoms with Crippen LogP contribution in [0.1, 0.15) is 35.2 Å². The van der Waals surface area contributed by atoms with Gasteiger partial charge in [0.25, 0.3) is 5.91 Å². The Hall–Kier alpha value is -2.84. The molecule has 0 radical (unpaired) electrons. The van der Waals surface area contributed by atoms with Gasteiger partial charge in [0, 0.05) is 18.0 Å². The van der Waals surface area contributed by atoms with Gasteiger partial charge in [0.15, 0.2) is 0 Å². The molecule has 8 heteroatoms. The van der Waals surface area contributed by atoms with Crippen molar-refractivity contribution < 1.29 is 22.0 Å². The number of nitrogens with one attached hydrogen (secondary N) is 2. The molecule has 0 bridgehead atoms. The van der Waals surface area contributed by atoms with Crippen molar-refractivity contribution in [3.8, 4) is 0 Å². The van der Waals surface area contributed by atoms with Gasteiger partial charge < -0.3 is 14.2 Å². The van der Waals surface area contributed by atoms with Crippen LogP contribution in [0, 0.1) is 0 Å². The first-order valence-corrected chi connectivity index (χ1v) is 10.4. The zero-order chi connectivity index (χ0) is 20.0. The molecule has 1 atom stereocenters. The third-order valence-electron chi connectivity index (χ3n) is 4.22. The Labute approximate surface area is 163 Å². The highest BCUT2D eigenvalue weighted by atomic mass is 32.2. The third-order valence-corrected chi connectivity index (χ3v) is 5.64. The Bertz CT molecular complexity index is 978. The number of carbonyl (C=O) groups excluding carboxylic acids is 1. The van der Waals surface area contributed by atoms with E-state index in [4.69, 9.17) is 8.83 Å². The molecule has 0 aliphatic heterocycles. The van der Waals surface area contributed by atoms with Gasteiger partial charge in [-0.1, -0.05) is 0 Å². The van der Waals surface area contributed by atoms with Gasteiger partial charge in [0.2, 0.25) is 10.0 Å². The van der Waals surface area contributed by atoms with E-state index >= 15 is 0 Å². The van der Waals surface area contributed by atoms with Crippen LogP contribution in [0.25, 0.3) is 0 Å². The van der Waals surface area contributed by atoms with Crippen molar-refractivity contribution in [2.45, 2.75) is 37.2 Å². The van der Waals surface area contributed by atoms with E-state index in [2.05, 4.69) is 10.0 Å². The fourth-order valence-corrected chi connectivity index (χ4v) is 3.63. The standard InChI is InChI=1S/C20H22N2O5S/c1-15(6-9-17-4-2-12-26-17)22-20(23)16-7-10-19(11-8-16)28(24,25)21-14-18-5-3-13-27-18/h2-5,7-8,10-13,15,21H,6,9,14H2,1H3,(H,22,23). The van der Waals surface area contributed by atoms with Crippen molar-refractivity contribution in [3.63, 3.8) is 0 Å². The Kier molecular flexibility index (Phi) is 6.33. The van der Waals surface area contributed by atoms with E-state index in [1.54, 1.807) is 18.4 Å². The van der Waals surface area contributed by atoms with E-state index in [-0.39, 0.29) is 23.4 Å². The lowest BCUT2D eigenvalue weighted by atomic mass is 10.1. The summed E-state index contributed by atoms with van der Waals surface area (Å²) < 4.78 is 37.5. The average Bonchev–Trinajstić information content (AvgIpc) is 3.39. The zero-order valence-corrected chi connectivity index (χ0v) is 16.2. The van der Waals surface area contributed by atoms with Crippen molar-refractivity contribution in [1.82, 2.24) is 10.0 Å². The molecule has 0 saturated heterocycles. The Balaban J connectivity index is 1.54. The number of benzene rings is 1. The second kappa shape index (κ2) is 8.90. The van der Waals surface area contributed by atoms with Gasteiger partial charge in [-0.05, 0) is 61.9 Å². The first-order valence-electron chi connectivity index (χ1n) is 8.89. The maximum absolute atomic E-state index is 12.3. The molecular formula is C20H22N2O5S. The van der Waals surface area contributed by atoms with E-state index in [0.717, 1.165) is 18.6 Å². The molecule has 0 spiro atoms. The lowest BCUT2D eigenvalue weighted by molar-refractivity contribution is 0.0938. The summed E-state index contributed by atoms with van der Waals surface area (Å²) in [6.07, 6.45) is 4.57. The van der Waals surface area contributed by atoms with Gasteiger partial charge in [0.1, 0.15) is 11.5 Å². The van der Waals surface area contributed by atoms with Gasteiger partial charge >= 0.3 is 0 Å². The van der Waals surface area contributed by atoms with E-state index in [9.17, 15) is 13.2 Å². The van der Waals surface area contributed by atoms with Crippen LogP contribution >= 0.6 is 0 Å². The number of aryl methyl sites for hydroxylation is 1. The topological polar surface area (TPSA) is 102 Å². The molecule has 2 heterocycles. The van der Waals surface area contributed by atoms with Crippen molar-refractivity contribution in [2.24, 2.45) is 0 Å². The van der Waals surface area contributed by atoms with Crippen LogP contribution in [0.2, 0.25) is 0 Å². The zero-order valence-electron chi connectivity index (χ0n) is 15.4. The van der Waals surface area contributed by atoms with Gasteiger partial charge in [-0.25, -0.2) is 13.1 Å². The van der Waals surface area contributed by atoms with Crippen LogP contribution in [0.3, 0.4) is 0 Å². The number of rotatable bonds is 9. The number of furan rings is 2. The molecule has 2 N–H and O–H groups in total. The number of hydrogen-bond acceptors (Lipinski definition) is 5. The first-order chi connectivity index (χ1) is 13.4. The summed E-state index contributed by atoms with van der Waals surface area (Å²) in [5.41, 5.74) is 0.398. The molecular weight excluding hydrogens is 380 g/mol. The molecule has 28 heavy (non-hydrogen) atoms. The summed E-state index contributed by atoms with van der Waals surface area (Å²) >= 11 is 0. The summed E-state index contributed by atoms with van der Waals surface area (Å²) in [7, 11) is -3.69. The summed E-state index contributed by atoms with van der Waals surface area (Å²) in [4.78, 5) is 12.4. The highest BCUT2D eigenvalue weighted by molar-refractivity contribution is 7.89. The fourth-order valence-electron chi connectivity index (χ4n) is 2.64. The number of hydrogen-bond donors (Lipinski definition) is 2. The van der Waals surface area contributed by atoms with Crippen molar-refractivity contribution in [3.05, 3.63) is 78.1 Å². The minimum atomic E-state index is -3.69. The SMILES string of the molecule is CC(CCc1ccco1)NC(=O)c1ccc(S(=O)(=O)NCc2ccco2)cc1. The quantitative estimate of drug-likeness (QED) is 0.573. The maximum Gasteiger partial charge on any atom is 0.251 e. The maximum atomic E-state index is 12.3. The third kappa shape index (κ3) is 5.34. The second-order valence-corrected chi connectivity index (χ2v) is 8.19. The fraction of sp³-hybridized carbons (Fsp3) is 0.250.